The van der Waals surface area contributed by atoms with Gasteiger partial charge in [-0.2, -0.15) is 0 Å². The Morgan fingerprint density at radius 3 is 2.54 bits per heavy atom. The Morgan fingerprint density at radius 1 is 1.12 bits per heavy atom. The molecule has 2 aromatic rings. The SMILES string of the molecule is COc1cccc(CNC(=O)NC(C)c2ccccc2F)c1OC. The number of para-hydroxylation sites is 1. The van der Waals surface area contributed by atoms with Gasteiger partial charge in [0.05, 0.1) is 20.3 Å². The zero-order valence-electron chi connectivity index (χ0n) is 13.9. The van der Waals surface area contributed by atoms with Gasteiger partial charge in [0.1, 0.15) is 5.82 Å². The lowest BCUT2D eigenvalue weighted by molar-refractivity contribution is 0.237. The van der Waals surface area contributed by atoms with E-state index in [2.05, 4.69) is 10.6 Å². The lowest BCUT2D eigenvalue weighted by atomic mass is 10.1. The molecule has 2 rings (SSSR count). The molecule has 0 bridgehead atoms. The van der Waals surface area contributed by atoms with E-state index in [1.807, 2.05) is 12.1 Å². The highest BCUT2D eigenvalue weighted by Gasteiger charge is 2.14. The van der Waals surface area contributed by atoms with Gasteiger partial charge in [0, 0.05) is 17.7 Å². The predicted molar refractivity (Wildman–Crippen MR) is 89.7 cm³/mol. The highest BCUT2D eigenvalue weighted by molar-refractivity contribution is 5.74. The molecule has 0 aromatic heterocycles. The lowest BCUT2D eigenvalue weighted by Gasteiger charge is -2.17. The average molecular weight is 332 g/mol. The molecule has 6 heteroatoms. The van der Waals surface area contributed by atoms with Crippen LogP contribution >= 0.6 is 0 Å². The van der Waals surface area contributed by atoms with E-state index < -0.39 is 12.1 Å². The van der Waals surface area contributed by atoms with Crippen LogP contribution in [-0.4, -0.2) is 20.3 Å². The first kappa shape index (κ1) is 17.6. The third-order valence-electron chi connectivity index (χ3n) is 3.64. The summed E-state index contributed by atoms with van der Waals surface area (Å²) in [6, 6.07) is 10.9. The number of nitrogens with one attached hydrogen (secondary N) is 2. The zero-order valence-corrected chi connectivity index (χ0v) is 13.9. The van der Waals surface area contributed by atoms with Crippen molar-refractivity contribution in [1.82, 2.24) is 10.6 Å². The van der Waals surface area contributed by atoms with Crippen LogP contribution in [0, 0.1) is 5.82 Å². The van der Waals surface area contributed by atoms with E-state index >= 15 is 0 Å². The van der Waals surface area contributed by atoms with Gasteiger partial charge in [-0.1, -0.05) is 30.3 Å². The Balaban J connectivity index is 1.98. The van der Waals surface area contributed by atoms with Crippen LogP contribution in [0.2, 0.25) is 0 Å². The van der Waals surface area contributed by atoms with Crippen LogP contribution in [-0.2, 0) is 6.54 Å². The average Bonchev–Trinajstić information content (AvgIpc) is 2.59. The number of amides is 2. The number of benzene rings is 2. The number of methoxy groups -OCH3 is 2. The summed E-state index contributed by atoms with van der Waals surface area (Å²) in [5.41, 5.74) is 1.22. The quantitative estimate of drug-likeness (QED) is 0.852. The second kappa shape index (κ2) is 8.19. The van der Waals surface area contributed by atoms with Gasteiger partial charge in [-0.3, -0.25) is 0 Å². The van der Waals surface area contributed by atoms with E-state index in [1.165, 1.54) is 6.07 Å². The van der Waals surface area contributed by atoms with Gasteiger partial charge in [-0.05, 0) is 19.1 Å². The standard InChI is InChI=1S/C18H21FN2O3/c1-12(14-8-4-5-9-15(14)19)21-18(22)20-11-13-7-6-10-16(23-2)17(13)24-3/h4-10,12H,11H2,1-3H3,(H2,20,21,22). The molecule has 0 saturated heterocycles. The van der Waals surface area contributed by atoms with Gasteiger partial charge in [0.15, 0.2) is 11.5 Å². The molecular weight excluding hydrogens is 311 g/mol. The molecular formula is C18H21FN2O3. The molecule has 0 aliphatic heterocycles. The smallest absolute Gasteiger partial charge is 0.315 e. The molecule has 2 aromatic carbocycles. The van der Waals surface area contributed by atoms with Crippen molar-refractivity contribution in [2.45, 2.75) is 19.5 Å². The molecule has 128 valence electrons. The summed E-state index contributed by atoms with van der Waals surface area (Å²) in [7, 11) is 3.10. The monoisotopic (exact) mass is 332 g/mol. The van der Waals surface area contributed by atoms with Crippen molar-refractivity contribution in [2.24, 2.45) is 0 Å². The predicted octanol–water partition coefficient (Wildman–Crippen LogP) is 3.40. The first-order valence-corrected chi connectivity index (χ1v) is 7.55. The largest absolute Gasteiger partial charge is 0.493 e. The van der Waals surface area contributed by atoms with E-state index in [0.717, 1.165) is 5.56 Å². The number of rotatable bonds is 6. The summed E-state index contributed by atoms with van der Waals surface area (Å²) < 4.78 is 24.3. The number of urea groups is 1. The Morgan fingerprint density at radius 2 is 1.88 bits per heavy atom. The van der Waals surface area contributed by atoms with Crippen LogP contribution in [0.15, 0.2) is 42.5 Å². The van der Waals surface area contributed by atoms with Crippen LogP contribution in [0.5, 0.6) is 11.5 Å². The van der Waals surface area contributed by atoms with Gasteiger partial charge < -0.3 is 20.1 Å². The van der Waals surface area contributed by atoms with E-state index in [9.17, 15) is 9.18 Å². The van der Waals surface area contributed by atoms with E-state index in [1.54, 1.807) is 45.4 Å². The summed E-state index contributed by atoms with van der Waals surface area (Å²) in [6.45, 7) is 1.99. The normalized spacial score (nSPS) is 11.5. The van der Waals surface area contributed by atoms with Crippen molar-refractivity contribution >= 4 is 6.03 Å². The van der Waals surface area contributed by atoms with E-state index in [4.69, 9.17) is 9.47 Å². The molecule has 0 radical (unpaired) electrons. The van der Waals surface area contributed by atoms with Gasteiger partial charge in [-0.15, -0.1) is 0 Å². The first-order valence-electron chi connectivity index (χ1n) is 7.55. The van der Waals surface area contributed by atoms with Crippen molar-refractivity contribution in [3.05, 3.63) is 59.4 Å². The van der Waals surface area contributed by atoms with Crippen molar-refractivity contribution in [2.75, 3.05) is 14.2 Å². The van der Waals surface area contributed by atoms with Crippen LogP contribution < -0.4 is 20.1 Å². The van der Waals surface area contributed by atoms with E-state index in [-0.39, 0.29) is 12.4 Å². The zero-order chi connectivity index (χ0) is 17.5. The van der Waals surface area contributed by atoms with Crippen LogP contribution in [0.3, 0.4) is 0 Å². The van der Waals surface area contributed by atoms with Gasteiger partial charge >= 0.3 is 6.03 Å². The number of carbonyl (C=O) groups excluding carboxylic acids is 1. The minimum absolute atomic E-state index is 0.260. The van der Waals surface area contributed by atoms with Crippen molar-refractivity contribution in [1.29, 1.82) is 0 Å². The molecule has 0 aliphatic carbocycles. The maximum Gasteiger partial charge on any atom is 0.315 e. The van der Waals surface area contributed by atoms with Gasteiger partial charge in [0.2, 0.25) is 0 Å². The summed E-state index contributed by atoms with van der Waals surface area (Å²) in [6.07, 6.45) is 0. The number of ether oxygens (including phenoxy) is 2. The third kappa shape index (κ3) is 4.16. The summed E-state index contributed by atoms with van der Waals surface area (Å²) in [4.78, 5) is 12.0. The van der Waals surface area contributed by atoms with E-state index in [0.29, 0.717) is 17.1 Å². The summed E-state index contributed by atoms with van der Waals surface area (Å²) >= 11 is 0. The van der Waals surface area contributed by atoms with Crippen LogP contribution in [0.4, 0.5) is 9.18 Å². The maximum absolute atomic E-state index is 13.7. The summed E-state index contributed by atoms with van der Waals surface area (Å²) in [5.74, 6) is 0.819. The Bertz CT molecular complexity index is 706. The Hall–Kier alpha value is -2.76. The molecule has 0 spiro atoms. The molecule has 2 amide bonds. The molecule has 0 fully saturated rings. The fraction of sp³-hybridized carbons (Fsp3) is 0.278. The van der Waals surface area contributed by atoms with Crippen LogP contribution in [0.1, 0.15) is 24.1 Å². The molecule has 5 nitrogen and oxygen atoms in total. The second-order valence-electron chi connectivity index (χ2n) is 5.22. The highest BCUT2D eigenvalue weighted by Crippen LogP contribution is 2.30. The maximum atomic E-state index is 13.7. The van der Waals surface area contributed by atoms with Gasteiger partial charge in [0.25, 0.3) is 0 Å². The fourth-order valence-electron chi connectivity index (χ4n) is 2.42. The second-order valence-corrected chi connectivity index (χ2v) is 5.22. The summed E-state index contributed by atoms with van der Waals surface area (Å²) in [5, 5.41) is 5.45. The van der Waals surface area contributed by atoms with Crippen molar-refractivity contribution < 1.29 is 18.7 Å². The molecule has 0 heterocycles. The first-order chi connectivity index (χ1) is 11.6. The Kier molecular flexibility index (Phi) is 6.01. The van der Waals surface area contributed by atoms with Crippen molar-refractivity contribution in [3.63, 3.8) is 0 Å². The molecule has 24 heavy (non-hydrogen) atoms. The molecule has 0 aliphatic rings. The third-order valence-corrected chi connectivity index (χ3v) is 3.64. The van der Waals surface area contributed by atoms with Gasteiger partial charge in [-0.25, -0.2) is 9.18 Å². The minimum atomic E-state index is -0.446. The molecule has 2 N–H and O–H groups in total. The number of halogens is 1. The molecule has 0 saturated carbocycles. The number of hydrogen-bond acceptors (Lipinski definition) is 3. The lowest BCUT2D eigenvalue weighted by Crippen LogP contribution is -2.37. The van der Waals surface area contributed by atoms with Crippen LogP contribution in [0.25, 0.3) is 0 Å². The molecule has 1 unspecified atom stereocenters. The fourth-order valence-corrected chi connectivity index (χ4v) is 2.42. The highest BCUT2D eigenvalue weighted by atomic mass is 19.1. The number of carbonyl (C=O) groups is 1. The molecule has 1 atom stereocenters. The minimum Gasteiger partial charge on any atom is -0.493 e. The van der Waals surface area contributed by atoms with Crippen molar-refractivity contribution in [3.8, 4) is 11.5 Å². The number of hydrogen-bond donors (Lipinski definition) is 2. The topological polar surface area (TPSA) is 59.6 Å². The Labute approximate surface area is 140 Å².